The number of carbonyl (C=O) groups is 1. The van der Waals surface area contributed by atoms with Crippen molar-refractivity contribution in [1.82, 2.24) is 9.88 Å². The van der Waals surface area contributed by atoms with E-state index in [2.05, 4.69) is 35.1 Å². The predicted molar refractivity (Wildman–Crippen MR) is 122 cm³/mol. The molecule has 3 aromatic rings. The number of carbonyl (C=O) groups excluding carboxylic acids is 1. The van der Waals surface area contributed by atoms with E-state index in [1.54, 1.807) is 12.3 Å². The van der Waals surface area contributed by atoms with Crippen LogP contribution < -0.4 is 16.2 Å². The second-order valence-corrected chi connectivity index (χ2v) is 8.96. The molecule has 160 valence electrons. The number of likely N-dealkylation sites (tertiary alicyclic amines) is 1. The van der Waals surface area contributed by atoms with Crippen molar-refractivity contribution in [2.24, 2.45) is 5.73 Å². The van der Waals surface area contributed by atoms with Crippen LogP contribution in [0.15, 0.2) is 42.6 Å². The van der Waals surface area contributed by atoms with Crippen molar-refractivity contribution in [1.29, 1.82) is 0 Å². The van der Waals surface area contributed by atoms with Gasteiger partial charge in [-0.15, -0.1) is 0 Å². The van der Waals surface area contributed by atoms with E-state index >= 15 is 0 Å². The average Bonchev–Trinajstić information content (AvgIpc) is 3.54. The van der Waals surface area contributed by atoms with Crippen molar-refractivity contribution < 1.29 is 9.53 Å². The fraction of sp³-hybridized carbons (Fsp3) is 0.360. The van der Waals surface area contributed by atoms with Crippen molar-refractivity contribution in [3.05, 3.63) is 64.8 Å². The monoisotopic (exact) mass is 416 g/mol. The van der Waals surface area contributed by atoms with Crippen LogP contribution in [0.4, 0.5) is 5.69 Å². The summed E-state index contributed by atoms with van der Waals surface area (Å²) in [6.07, 6.45) is 4.88. The van der Waals surface area contributed by atoms with Crippen LogP contribution in [-0.4, -0.2) is 42.0 Å². The first kappa shape index (κ1) is 19.8. The largest absolute Gasteiger partial charge is 0.492 e. The molecule has 6 nitrogen and oxygen atoms in total. The Kier molecular flexibility index (Phi) is 4.63. The van der Waals surface area contributed by atoms with Gasteiger partial charge in [-0.25, -0.2) is 0 Å². The SMILES string of the molecule is Cc1c(C(N)=O)cc(OCC2CCN2C)cc1C1(c2cc(N)cc3ncccc23)CC1. The maximum absolute atomic E-state index is 12.3. The van der Waals surface area contributed by atoms with Gasteiger partial charge in [0.25, 0.3) is 0 Å². The zero-order valence-corrected chi connectivity index (χ0v) is 18.0. The minimum absolute atomic E-state index is 0.211. The lowest BCUT2D eigenvalue weighted by Gasteiger charge is -2.37. The highest BCUT2D eigenvalue weighted by Crippen LogP contribution is 2.57. The van der Waals surface area contributed by atoms with E-state index < -0.39 is 5.91 Å². The van der Waals surface area contributed by atoms with E-state index in [1.165, 1.54) is 0 Å². The van der Waals surface area contributed by atoms with E-state index in [0.717, 1.165) is 53.4 Å². The van der Waals surface area contributed by atoms with Crippen LogP contribution in [0.2, 0.25) is 0 Å². The van der Waals surface area contributed by atoms with Gasteiger partial charge in [0.15, 0.2) is 0 Å². The summed E-state index contributed by atoms with van der Waals surface area (Å²) in [6.45, 7) is 3.68. The third kappa shape index (κ3) is 3.31. The Morgan fingerprint density at radius 2 is 2.06 bits per heavy atom. The van der Waals surface area contributed by atoms with Gasteiger partial charge in [0, 0.05) is 34.3 Å². The molecule has 2 fully saturated rings. The predicted octanol–water partition coefficient (Wildman–Crippen LogP) is 3.39. The number of likely N-dealkylation sites (N-methyl/N-ethyl adjacent to an activating group) is 1. The summed E-state index contributed by atoms with van der Waals surface area (Å²) in [4.78, 5) is 19.1. The number of hydrogen-bond donors (Lipinski definition) is 2. The minimum atomic E-state index is -0.431. The molecule has 1 unspecified atom stereocenters. The van der Waals surface area contributed by atoms with Crippen molar-refractivity contribution in [3.8, 4) is 5.75 Å². The number of hydrogen-bond acceptors (Lipinski definition) is 5. The first-order chi connectivity index (χ1) is 14.9. The highest BCUT2D eigenvalue weighted by molar-refractivity contribution is 5.95. The van der Waals surface area contributed by atoms with Crippen LogP contribution in [0, 0.1) is 6.92 Å². The second-order valence-electron chi connectivity index (χ2n) is 8.96. The van der Waals surface area contributed by atoms with E-state index in [4.69, 9.17) is 16.2 Å². The highest BCUT2D eigenvalue weighted by Gasteiger charge is 2.48. The Morgan fingerprint density at radius 1 is 1.26 bits per heavy atom. The summed E-state index contributed by atoms with van der Waals surface area (Å²) < 4.78 is 6.15. The van der Waals surface area contributed by atoms with Crippen molar-refractivity contribution >= 4 is 22.5 Å². The molecule has 0 radical (unpaired) electrons. The molecule has 5 rings (SSSR count). The number of nitrogen functional groups attached to an aromatic ring is 1. The van der Waals surface area contributed by atoms with E-state index in [9.17, 15) is 4.79 Å². The van der Waals surface area contributed by atoms with E-state index in [1.807, 2.05) is 19.1 Å². The lowest BCUT2D eigenvalue weighted by Crippen LogP contribution is -2.48. The maximum Gasteiger partial charge on any atom is 0.249 e. The van der Waals surface area contributed by atoms with E-state index in [0.29, 0.717) is 29.6 Å². The molecule has 2 aliphatic rings. The van der Waals surface area contributed by atoms with Gasteiger partial charge >= 0.3 is 0 Å². The molecule has 0 bridgehead atoms. The van der Waals surface area contributed by atoms with Gasteiger partial charge in [0.2, 0.25) is 5.91 Å². The van der Waals surface area contributed by atoms with Crippen LogP contribution in [0.25, 0.3) is 10.9 Å². The number of anilines is 1. The number of benzene rings is 2. The lowest BCUT2D eigenvalue weighted by molar-refractivity contribution is 0.0767. The third-order valence-electron chi connectivity index (χ3n) is 7.05. The Hall–Kier alpha value is -3.12. The first-order valence-electron chi connectivity index (χ1n) is 10.8. The normalized spacial score (nSPS) is 19.7. The number of aromatic nitrogens is 1. The molecule has 4 N–H and O–H groups in total. The molecule has 1 aliphatic heterocycles. The summed E-state index contributed by atoms with van der Waals surface area (Å²) in [5, 5.41) is 1.09. The summed E-state index contributed by atoms with van der Waals surface area (Å²) in [5.41, 5.74) is 17.1. The van der Waals surface area contributed by atoms with Gasteiger partial charge in [-0.05, 0) is 86.8 Å². The average molecular weight is 417 g/mol. The van der Waals surface area contributed by atoms with Crippen molar-refractivity contribution in [2.75, 3.05) is 25.9 Å². The van der Waals surface area contributed by atoms with E-state index in [-0.39, 0.29) is 5.41 Å². The molecule has 6 heteroatoms. The molecular weight excluding hydrogens is 388 g/mol. The van der Waals surface area contributed by atoms with Crippen LogP contribution in [0.5, 0.6) is 5.75 Å². The lowest BCUT2D eigenvalue weighted by atomic mass is 9.81. The van der Waals surface area contributed by atoms with Gasteiger partial charge in [-0.2, -0.15) is 0 Å². The van der Waals surface area contributed by atoms with Crippen molar-refractivity contribution in [2.45, 2.75) is 37.6 Å². The summed E-state index contributed by atoms with van der Waals surface area (Å²) in [5.74, 6) is 0.271. The Morgan fingerprint density at radius 3 is 2.71 bits per heavy atom. The second kappa shape index (κ2) is 7.24. The fourth-order valence-electron chi connectivity index (χ4n) is 4.91. The van der Waals surface area contributed by atoms with Gasteiger partial charge in [0.05, 0.1) is 5.52 Å². The molecule has 1 atom stereocenters. The smallest absolute Gasteiger partial charge is 0.249 e. The topological polar surface area (TPSA) is 94.5 Å². The molecule has 2 heterocycles. The van der Waals surface area contributed by atoms with Crippen LogP contribution in [0.1, 0.15) is 46.3 Å². The maximum atomic E-state index is 12.3. The van der Waals surface area contributed by atoms with Crippen LogP contribution >= 0.6 is 0 Å². The highest BCUT2D eigenvalue weighted by atomic mass is 16.5. The first-order valence-corrected chi connectivity index (χ1v) is 10.8. The Labute approximate surface area is 182 Å². The zero-order valence-electron chi connectivity index (χ0n) is 18.0. The molecule has 1 aliphatic carbocycles. The summed E-state index contributed by atoms with van der Waals surface area (Å²) in [6, 6.07) is 12.3. The van der Waals surface area contributed by atoms with Crippen molar-refractivity contribution in [3.63, 3.8) is 0 Å². The molecule has 1 saturated carbocycles. The molecule has 0 spiro atoms. The number of fused-ring (bicyclic) bond motifs is 1. The number of ether oxygens (including phenoxy) is 1. The van der Waals surface area contributed by atoms with Gasteiger partial charge in [-0.3, -0.25) is 14.7 Å². The molecule has 1 amide bonds. The Balaban J connectivity index is 1.61. The summed E-state index contributed by atoms with van der Waals surface area (Å²) >= 11 is 0. The molecule has 31 heavy (non-hydrogen) atoms. The number of nitrogens with two attached hydrogens (primary N) is 2. The van der Waals surface area contributed by atoms with Crippen LogP contribution in [0.3, 0.4) is 0 Å². The van der Waals surface area contributed by atoms with Gasteiger partial charge < -0.3 is 16.2 Å². The number of pyridine rings is 1. The Bertz CT molecular complexity index is 1190. The minimum Gasteiger partial charge on any atom is -0.492 e. The van der Waals surface area contributed by atoms with Gasteiger partial charge in [-0.1, -0.05) is 6.07 Å². The number of primary amides is 1. The zero-order chi connectivity index (χ0) is 21.8. The molecule has 2 aromatic carbocycles. The van der Waals surface area contributed by atoms with Crippen LogP contribution in [-0.2, 0) is 5.41 Å². The quantitative estimate of drug-likeness (QED) is 0.601. The molecular formula is C25H28N4O2. The van der Waals surface area contributed by atoms with Gasteiger partial charge in [0.1, 0.15) is 12.4 Å². The fourth-order valence-corrected chi connectivity index (χ4v) is 4.91. The molecule has 1 aromatic heterocycles. The standard InChI is InChI=1S/C25H28N4O2/c1-15-20(24(27)30)12-18(31-14-17-5-9-29(17)2)13-21(15)25(6-7-25)22-10-16(26)11-23-19(22)4-3-8-28-23/h3-4,8,10-13,17H,5-7,9,14,26H2,1-2H3,(H2,27,30). The molecule has 1 saturated heterocycles. The third-order valence-corrected chi connectivity index (χ3v) is 7.05. The number of nitrogens with zero attached hydrogens (tertiary/aromatic N) is 2. The summed E-state index contributed by atoms with van der Waals surface area (Å²) in [7, 11) is 2.10. The number of rotatable bonds is 6. The number of amides is 1.